The minimum absolute atomic E-state index is 0.641. The Bertz CT molecular complexity index is 896. The topological polar surface area (TPSA) is 66.0 Å². The second-order valence-electron chi connectivity index (χ2n) is 5.87. The second-order valence-corrected chi connectivity index (χ2v) is 5.87. The van der Waals surface area contributed by atoms with Crippen molar-refractivity contribution in [2.24, 2.45) is 0 Å². The predicted octanol–water partition coefficient (Wildman–Crippen LogP) is 3.17. The van der Waals surface area contributed by atoms with E-state index < -0.39 is 0 Å². The van der Waals surface area contributed by atoms with E-state index in [4.69, 9.17) is 4.42 Å². The van der Waals surface area contributed by atoms with Gasteiger partial charge in [-0.1, -0.05) is 18.2 Å². The zero-order valence-corrected chi connectivity index (χ0v) is 13.1. The van der Waals surface area contributed by atoms with Gasteiger partial charge in [-0.25, -0.2) is 9.97 Å². The summed E-state index contributed by atoms with van der Waals surface area (Å²) < 4.78 is 5.37. The number of furan rings is 1. The fraction of sp³-hybridized carbons (Fsp3) is 0.211. The molecule has 5 heteroatoms. The molecule has 0 atom stereocenters. The maximum absolute atomic E-state index is 9.23. The number of nitrogens with zero attached hydrogens (tertiary/aromatic N) is 4. The van der Waals surface area contributed by atoms with Crippen LogP contribution in [0.3, 0.4) is 0 Å². The van der Waals surface area contributed by atoms with E-state index in [1.165, 1.54) is 0 Å². The Morgan fingerprint density at radius 1 is 1.21 bits per heavy atom. The van der Waals surface area contributed by atoms with Crippen LogP contribution in [0, 0.1) is 11.3 Å². The molecule has 0 fully saturated rings. The zero-order valence-electron chi connectivity index (χ0n) is 13.1. The maximum atomic E-state index is 9.23. The Labute approximate surface area is 140 Å². The number of fused-ring (bicyclic) bond motifs is 1. The minimum atomic E-state index is 0.641. The van der Waals surface area contributed by atoms with Crippen molar-refractivity contribution < 1.29 is 4.42 Å². The van der Waals surface area contributed by atoms with Crippen LogP contribution in [0.15, 0.2) is 53.3 Å². The van der Waals surface area contributed by atoms with Crippen molar-refractivity contribution in [3.8, 4) is 17.7 Å². The molecule has 0 amide bonds. The molecule has 118 valence electrons. The summed E-state index contributed by atoms with van der Waals surface area (Å²) in [5.74, 6) is 1.34. The van der Waals surface area contributed by atoms with E-state index in [1.807, 2.05) is 42.6 Å². The van der Waals surface area contributed by atoms with Gasteiger partial charge in [0.25, 0.3) is 0 Å². The number of hydrogen-bond acceptors (Lipinski definition) is 5. The van der Waals surface area contributed by atoms with Crippen molar-refractivity contribution in [2.45, 2.75) is 19.5 Å². The first-order chi connectivity index (χ1) is 11.8. The van der Waals surface area contributed by atoms with E-state index in [9.17, 15) is 5.26 Å². The van der Waals surface area contributed by atoms with Gasteiger partial charge in [0, 0.05) is 37.8 Å². The highest BCUT2D eigenvalue weighted by Gasteiger charge is 2.20. The van der Waals surface area contributed by atoms with E-state index in [0.29, 0.717) is 11.6 Å². The summed E-state index contributed by atoms with van der Waals surface area (Å²) in [4.78, 5) is 11.4. The van der Waals surface area contributed by atoms with Crippen molar-refractivity contribution in [3.05, 3.63) is 71.2 Å². The molecule has 3 heterocycles. The van der Waals surface area contributed by atoms with Gasteiger partial charge < -0.3 is 4.42 Å². The Morgan fingerprint density at radius 2 is 2.12 bits per heavy atom. The first-order valence-corrected chi connectivity index (χ1v) is 7.92. The molecule has 0 radical (unpaired) electrons. The zero-order chi connectivity index (χ0) is 16.4. The number of aromatic nitrogens is 2. The van der Waals surface area contributed by atoms with Crippen LogP contribution in [-0.4, -0.2) is 21.4 Å². The van der Waals surface area contributed by atoms with Crippen LogP contribution in [0.5, 0.6) is 0 Å². The van der Waals surface area contributed by atoms with Crippen LogP contribution in [0.25, 0.3) is 11.6 Å². The largest absolute Gasteiger partial charge is 0.461 e. The lowest BCUT2D eigenvalue weighted by Gasteiger charge is -2.28. The van der Waals surface area contributed by atoms with Gasteiger partial charge in [0.05, 0.1) is 23.6 Å². The summed E-state index contributed by atoms with van der Waals surface area (Å²) in [5.41, 5.74) is 4.04. The van der Waals surface area contributed by atoms with Gasteiger partial charge in [-0.3, -0.25) is 4.90 Å². The Kier molecular flexibility index (Phi) is 3.81. The molecule has 4 rings (SSSR count). The standard InChI is InChI=1S/C19H16N4O/c20-10-14-4-1-2-5-15(14)12-23-8-7-17-16(13-23)11-21-19(22-17)18-6-3-9-24-18/h1-6,9,11H,7-8,12-13H2. The lowest BCUT2D eigenvalue weighted by molar-refractivity contribution is 0.242. The van der Waals surface area contributed by atoms with Gasteiger partial charge in [0.2, 0.25) is 0 Å². The third kappa shape index (κ3) is 2.80. The molecule has 0 N–H and O–H groups in total. The summed E-state index contributed by atoms with van der Waals surface area (Å²) in [6, 6.07) is 13.7. The van der Waals surface area contributed by atoms with Crippen LogP contribution < -0.4 is 0 Å². The van der Waals surface area contributed by atoms with E-state index in [1.54, 1.807) is 6.26 Å². The maximum Gasteiger partial charge on any atom is 0.195 e. The van der Waals surface area contributed by atoms with E-state index in [2.05, 4.69) is 20.9 Å². The smallest absolute Gasteiger partial charge is 0.195 e. The van der Waals surface area contributed by atoms with Crippen LogP contribution in [0.4, 0.5) is 0 Å². The van der Waals surface area contributed by atoms with Crippen LogP contribution in [0.2, 0.25) is 0 Å². The molecule has 2 aromatic heterocycles. The van der Waals surface area contributed by atoms with Crippen molar-refractivity contribution in [3.63, 3.8) is 0 Å². The molecular weight excluding hydrogens is 300 g/mol. The number of rotatable bonds is 3. The third-order valence-corrected chi connectivity index (χ3v) is 4.29. The van der Waals surface area contributed by atoms with Crippen molar-refractivity contribution >= 4 is 0 Å². The van der Waals surface area contributed by atoms with Crippen molar-refractivity contribution in [1.82, 2.24) is 14.9 Å². The van der Waals surface area contributed by atoms with Crippen molar-refractivity contribution in [1.29, 1.82) is 5.26 Å². The molecule has 0 aliphatic carbocycles. The van der Waals surface area contributed by atoms with Crippen LogP contribution >= 0.6 is 0 Å². The van der Waals surface area contributed by atoms with Gasteiger partial charge in [-0.05, 0) is 23.8 Å². The number of hydrogen-bond donors (Lipinski definition) is 0. The average Bonchev–Trinajstić information content (AvgIpc) is 3.16. The van der Waals surface area contributed by atoms with Crippen LogP contribution in [0.1, 0.15) is 22.4 Å². The van der Waals surface area contributed by atoms with Gasteiger partial charge in [-0.15, -0.1) is 0 Å². The Balaban J connectivity index is 1.53. The normalized spacial score (nSPS) is 14.1. The van der Waals surface area contributed by atoms with Gasteiger partial charge >= 0.3 is 0 Å². The van der Waals surface area contributed by atoms with Gasteiger partial charge in [-0.2, -0.15) is 5.26 Å². The molecule has 3 aromatic rings. The molecule has 0 spiro atoms. The highest BCUT2D eigenvalue weighted by molar-refractivity contribution is 5.47. The summed E-state index contributed by atoms with van der Waals surface area (Å²) >= 11 is 0. The molecule has 1 aliphatic heterocycles. The Hall–Kier alpha value is -2.97. The fourth-order valence-electron chi connectivity index (χ4n) is 3.04. The second kappa shape index (κ2) is 6.26. The molecule has 0 bridgehead atoms. The summed E-state index contributed by atoms with van der Waals surface area (Å²) in [7, 11) is 0. The van der Waals surface area contributed by atoms with Gasteiger partial charge in [0.15, 0.2) is 11.6 Å². The fourth-order valence-corrected chi connectivity index (χ4v) is 3.04. The van der Waals surface area contributed by atoms with E-state index >= 15 is 0 Å². The van der Waals surface area contributed by atoms with Gasteiger partial charge in [0.1, 0.15) is 0 Å². The van der Waals surface area contributed by atoms with E-state index in [-0.39, 0.29) is 0 Å². The average molecular weight is 316 g/mol. The molecule has 1 aliphatic rings. The van der Waals surface area contributed by atoms with Crippen LogP contribution in [-0.2, 0) is 19.5 Å². The molecular formula is C19H16N4O. The highest BCUT2D eigenvalue weighted by Crippen LogP contribution is 2.22. The summed E-state index contributed by atoms with van der Waals surface area (Å²) in [6.07, 6.45) is 4.40. The molecule has 0 saturated heterocycles. The first-order valence-electron chi connectivity index (χ1n) is 7.92. The Morgan fingerprint density at radius 3 is 2.96 bits per heavy atom. The van der Waals surface area contributed by atoms with Crippen molar-refractivity contribution in [2.75, 3.05) is 6.54 Å². The molecule has 0 unspecified atom stereocenters. The molecule has 1 aromatic carbocycles. The quantitative estimate of drug-likeness (QED) is 0.742. The number of nitriles is 1. The molecule has 0 saturated carbocycles. The first kappa shape index (κ1) is 14.6. The van der Waals surface area contributed by atoms with E-state index in [0.717, 1.165) is 48.4 Å². The predicted molar refractivity (Wildman–Crippen MR) is 88.7 cm³/mol. The highest BCUT2D eigenvalue weighted by atomic mass is 16.3. The molecule has 24 heavy (non-hydrogen) atoms. The summed E-state index contributed by atoms with van der Waals surface area (Å²) in [6.45, 7) is 2.48. The monoisotopic (exact) mass is 316 g/mol. The molecule has 5 nitrogen and oxygen atoms in total. The lowest BCUT2D eigenvalue weighted by atomic mass is 10.0. The minimum Gasteiger partial charge on any atom is -0.461 e. The summed E-state index contributed by atoms with van der Waals surface area (Å²) in [5, 5.41) is 9.23. The third-order valence-electron chi connectivity index (χ3n) is 4.29. The SMILES string of the molecule is N#Cc1ccccc1CN1CCc2nc(-c3ccco3)ncc2C1. The lowest BCUT2D eigenvalue weighted by Crippen LogP contribution is -2.31. The number of benzene rings is 1.